The summed E-state index contributed by atoms with van der Waals surface area (Å²) in [6.07, 6.45) is 35.7. The minimum Gasteiger partial charge on any atom is -0.354 e. The number of amides is 4. The molecule has 0 spiro atoms. The second kappa shape index (κ2) is 24.4. The van der Waals surface area contributed by atoms with Gasteiger partial charge in [0.25, 0.3) is 5.91 Å². The molecule has 0 radical (unpaired) electrons. The molecule has 1 unspecified atom stereocenters. The fraction of sp³-hybridized carbons (Fsp3) is 0.417. The molecule has 1 aromatic heterocycles. The maximum atomic E-state index is 12.7. The lowest BCUT2D eigenvalue weighted by atomic mass is 10.2. The molecule has 9 heteroatoms. The average Bonchev–Trinajstić information content (AvgIpc) is 3.32. The number of pyridine rings is 1. The Kier molecular flexibility index (Phi) is 20.1. The van der Waals surface area contributed by atoms with E-state index in [0.717, 1.165) is 38.5 Å². The molecule has 1 fully saturated rings. The van der Waals surface area contributed by atoms with E-state index in [1.807, 2.05) is 12.2 Å². The van der Waals surface area contributed by atoms with Gasteiger partial charge in [0, 0.05) is 50.6 Å². The van der Waals surface area contributed by atoms with Crippen LogP contribution in [0.3, 0.4) is 0 Å². The Hall–Kier alpha value is -3.98. The van der Waals surface area contributed by atoms with Crippen LogP contribution >= 0.6 is 11.8 Å². The van der Waals surface area contributed by atoms with Crippen molar-refractivity contribution in [1.29, 1.82) is 0 Å². The van der Waals surface area contributed by atoms with Gasteiger partial charge in [-0.25, -0.2) is 0 Å². The summed E-state index contributed by atoms with van der Waals surface area (Å²) in [6, 6.07) is 3.37. The Labute approximate surface area is 272 Å². The molecule has 0 saturated carbocycles. The molecule has 2 heterocycles. The van der Waals surface area contributed by atoms with Gasteiger partial charge in [-0.15, -0.1) is 11.8 Å². The maximum Gasteiger partial charge on any atom is 0.252 e. The highest BCUT2D eigenvalue weighted by atomic mass is 32.2. The largest absolute Gasteiger partial charge is 0.354 e. The van der Waals surface area contributed by atoms with E-state index in [2.05, 4.69) is 83.3 Å². The zero-order chi connectivity index (χ0) is 32.4. The molecule has 8 nitrogen and oxygen atoms in total. The Morgan fingerprint density at radius 2 is 1.47 bits per heavy atom. The highest BCUT2D eigenvalue weighted by molar-refractivity contribution is 8.00. The highest BCUT2D eigenvalue weighted by Crippen LogP contribution is 2.24. The van der Waals surface area contributed by atoms with Crippen LogP contribution in [0.25, 0.3) is 0 Å². The Morgan fingerprint density at radius 3 is 2.04 bits per heavy atom. The number of nitrogens with one attached hydrogen (secondary N) is 2. The van der Waals surface area contributed by atoms with Gasteiger partial charge in [0.15, 0.2) is 0 Å². The number of carbonyl (C=O) groups excluding carboxylic acids is 4. The van der Waals surface area contributed by atoms with Crippen LogP contribution in [0.1, 0.15) is 75.1 Å². The van der Waals surface area contributed by atoms with Crippen molar-refractivity contribution < 1.29 is 19.2 Å². The Balaban J connectivity index is 1.47. The fourth-order valence-electron chi connectivity index (χ4n) is 4.23. The predicted molar refractivity (Wildman–Crippen MR) is 185 cm³/mol. The number of rotatable bonds is 22. The number of allylic oxidation sites excluding steroid dienone is 12. The van der Waals surface area contributed by atoms with Gasteiger partial charge >= 0.3 is 0 Å². The second-order valence-electron chi connectivity index (χ2n) is 10.2. The first-order chi connectivity index (χ1) is 22.0. The van der Waals surface area contributed by atoms with Crippen molar-refractivity contribution in [3.05, 3.63) is 103 Å². The molecule has 2 rings (SSSR count). The van der Waals surface area contributed by atoms with E-state index in [-0.39, 0.29) is 43.1 Å². The second-order valence-corrected chi connectivity index (χ2v) is 11.6. The third-order valence-corrected chi connectivity index (χ3v) is 7.84. The normalized spacial score (nSPS) is 15.8. The smallest absolute Gasteiger partial charge is 0.252 e. The van der Waals surface area contributed by atoms with Crippen LogP contribution in [0.2, 0.25) is 0 Å². The number of imide groups is 1. The molecule has 0 aliphatic carbocycles. The van der Waals surface area contributed by atoms with Crippen LogP contribution in [-0.2, 0) is 14.4 Å². The zero-order valence-corrected chi connectivity index (χ0v) is 27.3. The number of likely N-dealkylation sites (tertiary alicyclic amines) is 1. The van der Waals surface area contributed by atoms with Crippen LogP contribution in [0.15, 0.2) is 97.4 Å². The van der Waals surface area contributed by atoms with Gasteiger partial charge in [0.2, 0.25) is 17.7 Å². The first-order valence-corrected chi connectivity index (χ1v) is 16.9. The molecule has 2 N–H and O–H groups in total. The van der Waals surface area contributed by atoms with E-state index in [1.165, 1.54) is 22.9 Å². The van der Waals surface area contributed by atoms with E-state index in [9.17, 15) is 19.2 Å². The minimum absolute atomic E-state index is 0.107. The summed E-state index contributed by atoms with van der Waals surface area (Å²) < 4.78 is 0. The Morgan fingerprint density at radius 1 is 0.867 bits per heavy atom. The number of aromatic nitrogens is 1. The monoisotopic (exact) mass is 632 g/mol. The van der Waals surface area contributed by atoms with Crippen molar-refractivity contribution in [2.75, 3.05) is 25.4 Å². The molecular formula is C36H48N4O4S. The molecule has 242 valence electrons. The highest BCUT2D eigenvalue weighted by Gasteiger charge is 2.38. The number of carbonyl (C=O) groups is 4. The summed E-state index contributed by atoms with van der Waals surface area (Å²) in [5.41, 5.74) is 0.472. The standard InChI is InChI=1S/C36H48N4O4S/c1-2-3-4-5-6-7-8-9-10-11-12-13-14-15-16-17-18-19-20-23-33(41)38-25-27-40-34(42)29-32(36(40)44)45-28-26-39-35(43)31-22-21-24-37-30-31/h3-4,6-7,9-10,12-13,15-16,18-19,21-22,24,30,32H,2,5,8,11,14,17,20,23,25-29H2,1H3,(H,38,41)(H,39,43). The number of thioether (sulfide) groups is 1. The summed E-state index contributed by atoms with van der Waals surface area (Å²) in [7, 11) is 0. The lowest BCUT2D eigenvalue weighted by Crippen LogP contribution is -2.38. The van der Waals surface area contributed by atoms with E-state index in [0.29, 0.717) is 30.7 Å². The third-order valence-electron chi connectivity index (χ3n) is 6.63. The topological polar surface area (TPSA) is 108 Å². The van der Waals surface area contributed by atoms with Crippen molar-refractivity contribution in [2.24, 2.45) is 0 Å². The van der Waals surface area contributed by atoms with Crippen LogP contribution in [0.5, 0.6) is 0 Å². The molecule has 1 atom stereocenters. The van der Waals surface area contributed by atoms with Crippen LogP contribution < -0.4 is 10.6 Å². The third kappa shape index (κ3) is 17.2. The average molecular weight is 633 g/mol. The summed E-state index contributed by atoms with van der Waals surface area (Å²) in [6.45, 7) is 2.92. The number of hydrogen-bond donors (Lipinski definition) is 2. The zero-order valence-electron chi connectivity index (χ0n) is 26.4. The molecule has 0 aromatic carbocycles. The van der Waals surface area contributed by atoms with Gasteiger partial charge in [-0.1, -0.05) is 79.8 Å². The summed E-state index contributed by atoms with van der Waals surface area (Å²) >= 11 is 1.35. The van der Waals surface area contributed by atoms with Crippen molar-refractivity contribution >= 4 is 35.4 Å². The molecule has 1 aliphatic rings. The Bertz CT molecular complexity index is 1220. The molecular weight excluding hydrogens is 584 g/mol. The van der Waals surface area contributed by atoms with Crippen molar-refractivity contribution in [3.8, 4) is 0 Å². The molecule has 45 heavy (non-hydrogen) atoms. The lowest BCUT2D eigenvalue weighted by molar-refractivity contribution is -0.138. The van der Waals surface area contributed by atoms with E-state index < -0.39 is 5.25 Å². The SMILES string of the molecule is CCC=CCC=CCC=CCC=CCC=CCC=CCCC(=O)NCCN1C(=O)CC(SCCNC(=O)c2cccnc2)C1=O. The summed E-state index contributed by atoms with van der Waals surface area (Å²) in [5.74, 6) is -0.297. The first-order valence-electron chi connectivity index (χ1n) is 15.8. The van der Waals surface area contributed by atoms with Crippen LogP contribution in [0, 0.1) is 0 Å². The predicted octanol–water partition coefficient (Wildman–Crippen LogP) is 6.27. The molecule has 1 aromatic rings. The first kappa shape index (κ1) is 37.2. The van der Waals surface area contributed by atoms with Crippen LogP contribution in [0.4, 0.5) is 0 Å². The van der Waals surface area contributed by atoms with Crippen LogP contribution in [-0.4, -0.2) is 64.1 Å². The molecule has 1 aliphatic heterocycles. The van der Waals surface area contributed by atoms with E-state index in [4.69, 9.17) is 0 Å². The maximum absolute atomic E-state index is 12.7. The summed E-state index contributed by atoms with van der Waals surface area (Å²) in [5, 5.41) is 5.12. The van der Waals surface area contributed by atoms with E-state index in [1.54, 1.807) is 18.3 Å². The van der Waals surface area contributed by atoms with Crippen molar-refractivity contribution in [3.63, 3.8) is 0 Å². The lowest BCUT2D eigenvalue weighted by Gasteiger charge is -2.15. The fourth-order valence-corrected chi connectivity index (χ4v) is 5.27. The molecule has 0 bridgehead atoms. The van der Waals surface area contributed by atoms with Gasteiger partial charge in [0.05, 0.1) is 10.8 Å². The van der Waals surface area contributed by atoms with Gasteiger partial charge in [-0.05, 0) is 57.1 Å². The van der Waals surface area contributed by atoms with Gasteiger partial charge in [-0.3, -0.25) is 29.1 Å². The summed E-state index contributed by atoms with van der Waals surface area (Å²) in [4.78, 5) is 54.3. The van der Waals surface area contributed by atoms with Crippen molar-refractivity contribution in [1.82, 2.24) is 20.5 Å². The van der Waals surface area contributed by atoms with Gasteiger partial charge < -0.3 is 10.6 Å². The minimum atomic E-state index is -0.461. The van der Waals surface area contributed by atoms with E-state index >= 15 is 0 Å². The van der Waals surface area contributed by atoms with Gasteiger partial charge in [-0.2, -0.15) is 0 Å². The molecule has 1 saturated heterocycles. The quantitative estimate of drug-likeness (QED) is 0.0887. The van der Waals surface area contributed by atoms with Gasteiger partial charge in [0.1, 0.15) is 0 Å². The number of nitrogens with zero attached hydrogens (tertiary/aromatic N) is 2. The number of hydrogen-bond acceptors (Lipinski definition) is 6. The van der Waals surface area contributed by atoms with Crippen molar-refractivity contribution in [2.45, 2.75) is 70.0 Å². The molecule has 4 amide bonds.